The number of fused-ring (bicyclic) bond motifs is 1. The molecule has 2 radical (unpaired) electrons. The Kier molecular flexibility index (Phi) is 7.38. The van der Waals surface area contributed by atoms with Crippen LogP contribution in [0.3, 0.4) is 0 Å². The number of rotatable bonds is 8. The maximum Gasteiger partial charge on any atom is 0.179 e. The number of nitrogens with zero attached hydrogens (tertiary/aromatic N) is 3. The number of aromatic nitrogens is 1. The van der Waals surface area contributed by atoms with E-state index in [0.29, 0.717) is 33.9 Å². The van der Waals surface area contributed by atoms with Crippen molar-refractivity contribution in [2.24, 2.45) is 0 Å². The topological polar surface area (TPSA) is 122 Å². The zero-order chi connectivity index (χ0) is 30.5. The first-order chi connectivity index (χ1) is 20.5. The van der Waals surface area contributed by atoms with Crippen molar-refractivity contribution in [3.63, 3.8) is 0 Å². The van der Waals surface area contributed by atoms with Crippen LogP contribution in [-0.2, 0) is 15.3 Å². The molecule has 0 saturated heterocycles. The van der Waals surface area contributed by atoms with Crippen molar-refractivity contribution < 1.29 is 12.8 Å². The van der Waals surface area contributed by atoms with Crippen molar-refractivity contribution in [3.05, 3.63) is 99.7 Å². The van der Waals surface area contributed by atoms with Crippen LogP contribution in [0.5, 0.6) is 0 Å². The minimum Gasteiger partial charge on any atom is -0.378 e. The lowest BCUT2D eigenvalue weighted by Gasteiger charge is -2.34. The molecule has 1 aromatic heterocycles. The third-order valence-electron chi connectivity index (χ3n) is 7.24. The number of benzene rings is 3. The standard InChI is InChI=1S/C29H23BCl2FN7O2S/c1-43(41,42)28-22(31)3-2-4-24(28)36-26-16(13-34)14-35-27-21(26)11-19(12-23(27)32)37-29(30,17-5-7-18(33)8-6-17)25-15-40(39-38-25)20-9-10-20/h2-8,11-12,14-15,20,37-39H,9-10H2,1H3,(H,35,36). The molecule has 14 heteroatoms. The van der Waals surface area contributed by atoms with Crippen LogP contribution in [0.4, 0.5) is 21.5 Å². The zero-order valence-electron chi connectivity index (χ0n) is 22.6. The van der Waals surface area contributed by atoms with Crippen LogP contribution in [-0.4, -0.2) is 38.6 Å². The summed E-state index contributed by atoms with van der Waals surface area (Å²) in [7, 11) is 3.30. The van der Waals surface area contributed by atoms with Gasteiger partial charge in [0.2, 0.25) is 0 Å². The first kappa shape index (κ1) is 29.1. The summed E-state index contributed by atoms with van der Waals surface area (Å²) in [4.78, 5) is 4.27. The molecule has 1 unspecified atom stereocenters. The largest absolute Gasteiger partial charge is 0.378 e. The molecule has 1 aliphatic heterocycles. The Morgan fingerprint density at radius 3 is 2.58 bits per heavy atom. The van der Waals surface area contributed by atoms with Crippen LogP contribution < -0.4 is 21.6 Å². The number of hydrogen-bond donors (Lipinski definition) is 4. The van der Waals surface area contributed by atoms with Gasteiger partial charge in [0.25, 0.3) is 0 Å². The molecule has 2 aliphatic rings. The summed E-state index contributed by atoms with van der Waals surface area (Å²) in [5, 5.41) is 19.0. The molecule has 6 rings (SSSR count). The molecule has 4 N–H and O–H groups in total. The van der Waals surface area contributed by atoms with Crippen molar-refractivity contribution in [2.75, 3.05) is 16.9 Å². The zero-order valence-corrected chi connectivity index (χ0v) is 24.9. The van der Waals surface area contributed by atoms with Crippen LogP contribution in [0.25, 0.3) is 10.9 Å². The van der Waals surface area contributed by atoms with Crippen LogP contribution in [0.2, 0.25) is 10.0 Å². The number of nitrogens with one attached hydrogen (secondary N) is 4. The number of sulfone groups is 1. The highest BCUT2D eigenvalue weighted by Crippen LogP contribution is 2.40. The summed E-state index contributed by atoms with van der Waals surface area (Å²) in [6.45, 7) is 0. The number of nitriles is 1. The average molecular weight is 634 g/mol. The molecule has 1 atom stereocenters. The first-order valence-corrected chi connectivity index (χ1v) is 15.8. The van der Waals surface area contributed by atoms with E-state index in [2.05, 4.69) is 32.6 Å². The van der Waals surface area contributed by atoms with E-state index in [1.165, 1.54) is 24.4 Å². The quantitative estimate of drug-likeness (QED) is 0.187. The summed E-state index contributed by atoms with van der Waals surface area (Å²) in [5.74, 6) is -0.411. The fourth-order valence-corrected chi connectivity index (χ4v) is 6.79. The smallest absolute Gasteiger partial charge is 0.179 e. The third kappa shape index (κ3) is 5.57. The number of pyridine rings is 1. The highest BCUT2D eigenvalue weighted by Gasteiger charge is 2.38. The lowest BCUT2D eigenvalue weighted by Crippen LogP contribution is -2.45. The first-order valence-electron chi connectivity index (χ1n) is 13.1. The molecule has 43 heavy (non-hydrogen) atoms. The van der Waals surface area contributed by atoms with Gasteiger partial charge in [-0.15, -0.1) is 5.53 Å². The highest BCUT2D eigenvalue weighted by molar-refractivity contribution is 7.91. The van der Waals surface area contributed by atoms with Crippen molar-refractivity contribution in [3.8, 4) is 6.07 Å². The molecule has 3 aromatic carbocycles. The molecule has 0 amide bonds. The predicted molar refractivity (Wildman–Crippen MR) is 166 cm³/mol. The van der Waals surface area contributed by atoms with Gasteiger partial charge in [-0.2, -0.15) is 5.26 Å². The number of anilines is 3. The Balaban J connectivity index is 1.49. The van der Waals surface area contributed by atoms with Gasteiger partial charge in [0, 0.05) is 35.8 Å². The van der Waals surface area contributed by atoms with Crippen molar-refractivity contribution >= 4 is 68.9 Å². The van der Waals surface area contributed by atoms with Gasteiger partial charge in [0.1, 0.15) is 24.6 Å². The van der Waals surface area contributed by atoms with Crippen LogP contribution in [0.15, 0.2) is 77.6 Å². The fraction of sp³-hybridized carbons (Fsp3) is 0.172. The molecule has 1 aliphatic carbocycles. The summed E-state index contributed by atoms with van der Waals surface area (Å²) < 4.78 is 39.1. The summed E-state index contributed by atoms with van der Waals surface area (Å²) >= 11 is 13.0. The van der Waals surface area contributed by atoms with Gasteiger partial charge in [-0.05, 0) is 54.8 Å². The molecule has 9 nitrogen and oxygen atoms in total. The molecular formula is C29H23BCl2FN7O2S. The van der Waals surface area contributed by atoms with Crippen molar-refractivity contribution in [2.45, 2.75) is 29.2 Å². The second kappa shape index (κ2) is 10.9. The van der Waals surface area contributed by atoms with Gasteiger partial charge < -0.3 is 16.1 Å². The predicted octanol–water partition coefficient (Wildman–Crippen LogP) is 5.46. The molecule has 1 saturated carbocycles. The Hall–Kier alpha value is -4.02. The van der Waals surface area contributed by atoms with Crippen LogP contribution in [0, 0.1) is 17.1 Å². The molecule has 0 spiro atoms. The highest BCUT2D eigenvalue weighted by atomic mass is 35.5. The lowest BCUT2D eigenvalue weighted by atomic mass is 9.69. The average Bonchev–Trinajstić information content (AvgIpc) is 3.68. The molecule has 2 heterocycles. The van der Waals surface area contributed by atoms with E-state index in [4.69, 9.17) is 31.0 Å². The molecular weight excluding hydrogens is 611 g/mol. The van der Waals surface area contributed by atoms with Gasteiger partial charge in [0.05, 0.1) is 43.6 Å². The minimum absolute atomic E-state index is 0.0307. The number of halogens is 3. The van der Waals surface area contributed by atoms with E-state index in [9.17, 15) is 18.1 Å². The van der Waals surface area contributed by atoms with E-state index in [1.807, 2.05) is 11.2 Å². The summed E-state index contributed by atoms with van der Waals surface area (Å²) in [6.07, 6.45) is 6.35. The normalized spacial score (nSPS) is 16.3. The molecule has 1 fully saturated rings. The maximum atomic E-state index is 13.9. The second-order valence-corrected chi connectivity index (χ2v) is 13.2. The number of hydrazine groups is 2. The maximum absolute atomic E-state index is 13.9. The second-order valence-electron chi connectivity index (χ2n) is 10.4. The Labute approximate surface area is 259 Å². The summed E-state index contributed by atoms with van der Waals surface area (Å²) in [6, 6.07) is 16.2. The van der Waals surface area contributed by atoms with E-state index in [1.54, 1.807) is 36.4 Å². The van der Waals surface area contributed by atoms with Gasteiger partial charge in [-0.3, -0.25) is 9.99 Å². The van der Waals surface area contributed by atoms with Gasteiger partial charge >= 0.3 is 0 Å². The fourth-order valence-electron chi connectivity index (χ4n) is 4.98. The monoisotopic (exact) mass is 633 g/mol. The van der Waals surface area contributed by atoms with Crippen LogP contribution >= 0.6 is 23.2 Å². The van der Waals surface area contributed by atoms with E-state index in [0.717, 1.165) is 19.1 Å². The van der Waals surface area contributed by atoms with E-state index in [-0.39, 0.29) is 31.9 Å². The van der Waals surface area contributed by atoms with Gasteiger partial charge in [-0.1, -0.05) is 41.4 Å². The number of hydrogen-bond acceptors (Lipinski definition) is 9. The van der Waals surface area contributed by atoms with E-state index >= 15 is 0 Å². The molecule has 0 bridgehead atoms. The molecule has 4 aromatic rings. The Bertz CT molecular complexity index is 1950. The minimum atomic E-state index is -3.74. The SMILES string of the molecule is [B]C(Nc1cc(Cl)c2ncc(C#N)c(Nc3cccc(Cl)c3S(C)(=O)=O)c2c1)(C1=CN(C2CC2)NN1)c1ccc(F)cc1. The van der Waals surface area contributed by atoms with Gasteiger partial charge in [-0.25, -0.2) is 12.8 Å². The Morgan fingerprint density at radius 2 is 1.91 bits per heavy atom. The van der Waals surface area contributed by atoms with Gasteiger partial charge in [0.15, 0.2) is 9.84 Å². The summed E-state index contributed by atoms with van der Waals surface area (Å²) in [5.41, 5.74) is 7.39. The van der Waals surface area contributed by atoms with Crippen molar-refractivity contribution in [1.82, 2.24) is 21.0 Å². The lowest BCUT2D eigenvalue weighted by molar-refractivity contribution is 0.260. The Morgan fingerprint density at radius 1 is 1.16 bits per heavy atom. The molecule has 216 valence electrons. The van der Waals surface area contributed by atoms with E-state index < -0.39 is 21.1 Å². The third-order valence-corrected chi connectivity index (χ3v) is 9.13. The van der Waals surface area contributed by atoms with Crippen LogP contribution in [0.1, 0.15) is 24.0 Å². The van der Waals surface area contributed by atoms with Crippen molar-refractivity contribution in [1.29, 1.82) is 5.26 Å².